The summed E-state index contributed by atoms with van der Waals surface area (Å²) >= 11 is 0. The summed E-state index contributed by atoms with van der Waals surface area (Å²) in [4.78, 5) is 19.5. The summed E-state index contributed by atoms with van der Waals surface area (Å²) in [7, 11) is 0. The van der Waals surface area contributed by atoms with Crippen molar-refractivity contribution < 1.29 is 14.3 Å². The van der Waals surface area contributed by atoms with Crippen LogP contribution in [0.25, 0.3) is 22.3 Å². The minimum atomic E-state index is -0.737. The fourth-order valence-corrected chi connectivity index (χ4v) is 3.45. The number of carbonyl (C=O) groups is 1. The summed E-state index contributed by atoms with van der Waals surface area (Å²) in [6.07, 6.45) is 0. The van der Waals surface area contributed by atoms with Crippen molar-refractivity contribution in [1.82, 2.24) is 25.4 Å². The zero-order valence-electron chi connectivity index (χ0n) is 15.1. The first-order valence-electron chi connectivity index (χ1n) is 8.81. The number of hydrogen-bond donors (Lipinski definition) is 3. The number of H-pyrrole nitrogens is 1. The predicted molar refractivity (Wildman–Crippen MR) is 99.1 cm³/mol. The Balaban J connectivity index is 1.84. The van der Waals surface area contributed by atoms with Crippen LogP contribution in [0.1, 0.15) is 23.0 Å². The molecule has 0 radical (unpaired) electrons. The van der Waals surface area contributed by atoms with Crippen molar-refractivity contribution in [1.29, 1.82) is 0 Å². The van der Waals surface area contributed by atoms with E-state index in [1.807, 2.05) is 18.7 Å². The van der Waals surface area contributed by atoms with Gasteiger partial charge in [0.05, 0.1) is 22.3 Å². The Morgan fingerprint density at radius 1 is 1.37 bits per heavy atom. The highest BCUT2D eigenvalue weighted by Crippen LogP contribution is 2.29. The van der Waals surface area contributed by atoms with Crippen LogP contribution in [0.2, 0.25) is 0 Å². The summed E-state index contributed by atoms with van der Waals surface area (Å²) in [6, 6.07) is 5.93. The van der Waals surface area contributed by atoms with Crippen LogP contribution in [0.5, 0.6) is 5.75 Å². The summed E-state index contributed by atoms with van der Waals surface area (Å²) in [5.74, 6) is -1.26. The molecule has 3 aromatic rings. The number of aryl methyl sites for hydroxylation is 1. The number of phenols is 1. The van der Waals surface area contributed by atoms with E-state index in [2.05, 4.69) is 20.5 Å². The monoisotopic (exact) mass is 369 g/mol. The van der Waals surface area contributed by atoms with Crippen LogP contribution in [-0.4, -0.2) is 56.8 Å². The van der Waals surface area contributed by atoms with Crippen molar-refractivity contribution in [2.75, 3.05) is 19.6 Å². The van der Waals surface area contributed by atoms with Crippen LogP contribution >= 0.6 is 0 Å². The van der Waals surface area contributed by atoms with Gasteiger partial charge in [0.15, 0.2) is 17.2 Å². The molecule has 3 N–H and O–H groups in total. The van der Waals surface area contributed by atoms with Gasteiger partial charge in [-0.05, 0) is 38.1 Å². The van der Waals surface area contributed by atoms with E-state index in [-0.39, 0.29) is 11.9 Å². The maximum absolute atomic E-state index is 13.8. The lowest BCUT2D eigenvalue weighted by molar-refractivity contribution is 0.0711. The van der Waals surface area contributed by atoms with E-state index >= 15 is 0 Å². The zero-order valence-corrected chi connectivity index (χ0v) is 15.1. The van der Waals surface area contributed by atoms with Gasteiger partial charge in [-0.1, -0.05) is 0 Å². The van der Waals surface area contributed by atoms with E-state index in [0.29, 0.717) is 46.6 Å². The maximum atomic E-state index is 13.8. The summed E-state index contributed by atoms with van der Waals surface area (Å²) in [5, 5.41) is 20.4. The number of nitrogens with zero attached hydrogens (tertiary/aromatic N) is 3. The molecule has 1 aromatic carbocycles. The summed E-state index contributed by atoms with van der Waals surface area (Å²) < 4.78 is 13.8. The predicted octanol–water partition coefficient (Wildman–Crippen LogP) is 2.21. The average molecular weight is 369 g/mol. The molecule has 3 heterocycles. The first-order chi connectivity index (χ1) is 12.9. The molecule has 27 heavy (non-hydrogen) atoms. The van der Waals surface area contributed by atoms with Gasteiger partial charge in [0.2, 0.25) is 0 Å². The summed E-state index contributed by atoms with van der Waals surface area (Å²) in [5.41, 5.74) is 2.57. The van der Waals surface area contributed by atoms with Crippen molar-refractivity contribution in [3.05, 3.63) is 41.3 Å². The quantitative estimate of drug-likeness (QED) is 0.644. The van der Waals surface area contributed by atoms with Crippen molar-refractivity contribution in [2.24, 2.45) is 0 Å². The number of carbonyl (C=O) groups excluding carboxylic acids is 1. The first kappa shape index (κ1) is 17.4. The molecular formula is C19H20FN5O2. The highest BCUT2D eigenvalue weighted by molar-refractivity contribution is 6.07. The molecule has 0 unspecified atom stereocenters. The number of fused-ring (bicyclic) bond motifs is 1. The third-order valence-electron chi connectivity index (χ3n) is 4.84. The number of pyridine rings is 1. The number of aromatic hydroxyl groups is 1. The molecule has 1 fully saturated rings. The summed E-state index contributed by atoms with van der Waals surface area (Å²) in [6.45, 7) is 5.82. The van der Waals surface area contributed by atoms with E-state index in [1.165, 1.54) is 12.1 Å². The second-order valence-electron chi connectivity index (χ2n) is 6.86. The van der Waals surface area contributed by atoms with Gasteiger partial charge in [0.25, 0.3) is 5.91 Å². The number of aromatic nitrogens is 3. The Labute approximate surface area is 155 Å². The van der Waals surface area contributed by atoms with Gasteiger partial charge in [-0.25, -0.2) is 9.37 Å². The van der Waals surface area contributed by atoms with Crippen molar-refractivity contribution in [2.45, 2.75) is 19.9 Å². The molecule has 0 spiro atoms. The fourth-order valence-electron chi connectivity index (χ4n) is 3.45. The minimum Gasteiger partial charge on any atom is -0.505 e. The molecule has 1 aliphatic rings. The highest BCUT2D eigenvalue weighted by Gasteiger charge is 2.25. The standard InChI is InChI=1S/C19H20FN5O2/c1-10-9-25(6-5-21-10)19(27)13-8-15(12-3-4-16(26)14(20)7-12)22-18-17(13)11(2)23-24-18/h3-4,7-8,10,21,26H,5-6,9H2,1-2H3,(H,22,23,24)/t10-/m1/s1. The van der Waals surface area contributed by atoms with Crippen molar-refractivity contribution in [3.8, 4) is 17.0 Å². The second kappa shape index (κ2) is 6.62. The topological polar surface area (TPSA) is 94.1 Å². The van der Waals surface area contributed by atoms with E-state index in [9.17, 15) is 14.3 Å². The minimum absolute atomic E-state index is 0.0965. The van der Waals surface area contributed by atoms with Gasteiger partial charge in [-0.3, -0.25) is 9.89 Å². The third kappa shape index (κ3) is 3.12. The number of phenolic OH excluding ortho intramolecular Hbond substituents is 1. The van der Waals surface area contributed by atoms with Crippen LogP contribution in [0.4, 0.5) is 4.39 Å². The maximum Gasteiger partial charge on any atom is 0.254 e. The van der Waals surface area contributed by atoms with Gasteiger partial charge in [-0.15, -0.1) is 0 Å². The molecule has 1 amide bonds. The van der Waals surface area contributed by atoms with E-state index in [4.69, 9.17) is 0 Å². The zero-order chi connectivity index (χ0) is 19.1. The number of aromatic amines is 1. The van der Waals surface area contributed by atoms with E-state index in [0.717, 1.165) is 6.54 Å². The van der Waals surface area contributed by atoms with Crippen LogP contribution in [0, 0.1) is 12.7 Å². The Kier molecular flexibility index (Phi) is 4.27. The van der Waals surface area contributed by atoms with Gasteiger partial charge in [0, 0.05) is 31.2 Å². The Morgan fingerprint density at radius 3 is 2.93 bits per heavy atom. The molecule has 8 heteroatoms. The molecule has 7 nitrogen and oxygen atoms in total. The van der Waals surface area contributed by atoms with Gasteiger partial charge < -0.3 is 15.3 Å². The number of hydrogen-bond acceptors (Lipinski definition) is 5. The molecule has 1 saturated heterocycles. The first-order valence-corrected chi connectivity index (χ1v) is 8.81. The number of piperazine rings is 1. The number of nitrogens with one attached hydrogen (secondary N) is 2. The van der Waals surface area contributed by atoms with Gasteiger partial charge in [0.1, 0.15) is 0 Å². The lowest BCUT2D eigenvalue weighted by Crippen LogP contribution is -2.51. The van der Waals surface area contributed by atoms with Gasteiger partial charge in [-0.2, -0.15) is 5.10 Å². The van der Waals surface area contributed by atoms with Crippen LogP contribution in [0.15, 0.2) is 24.3 Å². The largest absolute Gasteiger partial charge is 0.505 e. The molecule has 2 aromatic heterocycles. The average Bonchev–Trinajstić information content (AvgIpc) is 3.04. The molecule has 0 aliphatic carbocycles. The van der Waals surface area contributed by atoms with Crippen molar-refractivity contribution in [3.63, 3.8) is 0 Å². The molecule has 140 valence electrons. The number of halogens is 1. The van der Waals surface area contributed by atoms with E-state index < -0.39 is 11.6 Å². The fraction of sp³-hybridized carbons (Fsp3) is 0.316. The van der Waals surface area contributed by atoms with E-state index in [1.54, 1.807) is 12.1 Å². The Bertz CT molecular complexity index is 1030. The molecule has 0 saturated carbocycles. The number of rotatable bonds is 2. The lowest BCUT2D eigenvalue weighted by atomic mass is 10.0. The van der Waals surface area contributed by atoms with Crippen LogP contribution < -0.4 is 5.32 Å². The van der Waals surface area contributed by atoms with Gasteiger partial charge >= 0.3 is 0 Å². The Morgan fingerprint density at radius 2 is 2.19 bits per heavy atom. The second-order valence-corrected chi connectivity index (χ2v) is 6.86. The smallest absolute Gasteiger partial charge is 0.254 e. The molecule has 1 atom stereocenters. The number of amides is 1. The third-order valence-corrected chi connectivity index (χ3v) is 4.84. The lowest BCUT2D eigenvalue weighted by Gasteiger charge is -2.32. The molecule has 4 rings (SSSR count). The van der Waals surface area contributed by atoms with Crippen LogP contribution in [0.3, 0.4) is 0 Å². The van der Waals surface area contributed by atoms with Crippen molar-refractivity contribution >= 4 is 16.9 Å². The SMILES string of the molecule is Cc1n[nH]c2nc(-c3ccc(O)c(F)c3)cc(C(=O)N3CCN[C@H](C)C3)c12. The molecule has 1 aliphatic heterocycles. The van der Waals surface area contributed by atoms with Crippen LogP contribution in [-0.2, 0) is 0 Å². The number of benzene rings is 1. The molecular weight excluding hydrogens is 349 g/mol. The normalized spacial score (nSPS) is 17.4. The highest BCUT2D eigenvalue weighted by atomic mass is 19.1. The Hall–Kier alpha value is -3.00. The molecule has 0 bridgehead atoms.